The van der Waals surface area contributed by atoms with Gasteiger partial charge in [0.1, 0.15) is 5.60 Å². The van der Waals surface area contributed by atoms with Gasteiger partial charge in [0.05, 0.1) is 13.2 Å². The Morgan fingerprint density at radius 1 is 1.57 bits per heavy atom. The van der Waals surface area contributed by atoms with E-state index in [1.165, 1.54) is 0 Å². The summed E-state index contributed by atoms with van der Waals surface area (Å²) in [5.41, 5.74) is -0.871. The first-order valence-electron chi connectivity index (χ1n) is 4.98. The van der Waals surface area contributed by atoms with E-state index >= 15 is 0 Å². The Bertz CT molecular complexity index is 190. The van der Waals surface area contributed by atoms with Crippen LogP contribution < -0.4 is 10.6 Å². The van der Waals surface area contributed by atoms with Crippen LogP contribution >= 0.6 is 0 Å². The van der Waals surface area contributed by atoms with Gasteiger partial charge >= 0.3 is 6.03 Å². The lowest BCUT2D eigenvalue weighted by molar-refractivity contribution is 0.0292. The zero-order valence-corrected chi connectivity index (χ0v) is 8.51. The molecular weight excluding hydrogens is 184 g/mol. The molecule has 0 bridgehead atoms. The van der Waals surface area contributed by atoms with Crippen LogP contribution in [-0.4, -0.2) is 43.0 Å². The minimum atomic E-state index is -0.871. The summed E-state index contributed by atoms with van der Waals surface area (Å²) in [5, 5.41) is 15.1. The molecule has 1 fully saturated rings. The van der Waals surface area contributed by atoms with Crippen molar-refractivity contribution in [3.05, 3.63) is 0 Å². The minimum Gasteiger partial charge on any atom is -0.386 e. The summed E-state index contributed by atoms with van der Waals surface area (Å²) in [5.74, 6) is 0. The molecule has 0 radical (unpaired) electrons. The largest absolute Gasteiger partial charge is 0.386 e. The molecule has 1 unspecified atom stereocenters. The van der Waals surface area contributed by atoms with Crippen LogP contribution in [0.1, 0.15) is 19.8 Å². The molecule has 1 saturated heterocycles. The van der Waals surface area contributed by atoms with E-state index in [4.69, 9.17) is 4.74 Å². The van der Waals surface area contributed by atoms with Crippen molar-refractivity contribution in [1.29, 1.82) is 0 Å². The number of hydrogen-bond acceptors (Lipinski definition) is 3. The first-order valence-corrected chi connectivity index (χ1v) is 4.98. The van der Waals surface area contributed by atoms with Crippen LogP contribution in [0.2, 0.25) is 0 Å². The summed E-state index contributed by atoms with van der Waals surface area (Å²) in [7, 11) is 0. The summed E-state index contributed by atoms with van der Waals surface area (Å²) in [6.45, 7) is 3.76. The van der Waals surface area contributed by atoms with Gasteiger partial charge in [-0.3, -0.25) is 0 Å². The molecule has 0 aromatic heterocycles. The number of carbonyl (C=O) groups excluding carboxylic acids is 1. The molecule has 3 N–H and O–H groups in total. The maximum absolute atomic E-state index is 11.1. The molecule has 5 nitrogen and oxygen atoms in total. The van der Waals surface area contributed by atoms with Crippen LogP contribution in [0.25, 0.3) is 0 Å². The monoisotopic (exact) mass is 202 g/mol. The molecule has 82 valence electrons. The number of carbonyl (C=O) groups is 1. The van der Waals surface area contributed by atoms with Crippen molar-refractivity contribution in [2.24, 2.45) is 0 Å². The van der Waals surface area contributed by atoms with Gasteiger partial charge in [-0.25, -0.2) is 4.79 Å². The van der Waals surface area contributed by atoms with Crippen LogP contribution in [0.3, 0.4) is 0 Å². The molecule has 2 amide bonds. The number of nitrogens with one attached hydrogen (secondary N) is 2. The fourth-order valence-corrected chi connectivity index (χ4v) is 1.28. The van der Waals surface area contributed by atoms with Gasteiger partial charge in [0.2, 0.25) is 0 Å². The van der Waals surface area contributed by atoms with Gasteiger partial charge in [-0.1, -0.05) is 6.92 Å². The molecule has 0 spiro atoms. The van der Waals surface area contributed by atoms with Crippen molar-refractivity contribution in [3.8, 4) is 0 Å². The summed E-state index contributed by atoms with van der Waals surface area (Å²) >= 11 is 0. The Balaban J connectivity index is 2.15. The zero-order chi connectivity index (χ0) is 10.4. The lowest BCUT2D eigenvalue weighted by atomic mass is 10.0. The Hall–Kier alpha value is -0.810. The van der Waals surface area contributed by atoms with E-state index in [0.29, 0.717) is 26.2 Å². The molecule has 0 aromatic carbocycles. The Kier molecular flexibility index (Phi) is 4.16. The summed E-state index contributed by atoms with van der Waals surface area (Å²) in [6, 6.07) is -0.229. The summed E-state index contributed by atoms with van der Waals surface area (Å²) < 4.78 is 5.05. The predicted molar refractivity (Wildman–Crippen MR) is 52.1 cm³/mol. The second-order valence-electron chi connectivity index (χ2n) is 3.64. The van der Waals surface area contributed by atoms with Crippen molar-refractivity contribution in [1.82, 2.24) is 10.6 Å². The number of amides is 2. The lowest BCUT2D eigenvalue weighted by Gasteiger charge is -2.20. The van der Waals surface area contributed by atoms with Gasteiger partial charge in [0.15, 0.2) is 0 Å². The predicted octanol–water partition coefficient (Wildman–Crippen LogP) is -0.153. The fraction of sp³-hybridized carbons (Fsp3) is 0.889. The Morgan fingerprint density at radius 3 is 2.93 bits per heavy atom. The molecule has 1 rings (SSSR count). The standard InChI is InChI=1S/C9H18N2O3/c1-2-4-10-8(12)11-6-9(13)3-5-14-7-9/h13H,2-7H2,1H3,(H2,10,11,12). The number of rotatable bonds is 4. The van der Waals surface area contributed by atoms with Crippen molar-refractivity contribution in [3.63, 3.8) is 0 Å². The number of hydrogen-bond donors (Lipinski definition) is 3. The highest BCUT2D eigenvalue weighted by Crippen LogP contribution is 2.16. The molecule has 1 atom stereocenters. The smallest absolute Gasteiger partial charge is 0.314 e. The van der Waals surface area contributed by atoms with Gasteiger partial charge in [-0.2, -0.15) is 0 Å². The number of urea groups is 1. The molecule has 5 heteroatoms. The van der Waals surface area contributed by atoms with Crippen molar-refractivity contribution in [2.75, 3.05) is 26.3 Å². The molecule has 0 saturated carbocycles. The maximum Gasteiger partial charge on any atom is 0.314 e. The number of aliphatic hydroxyl groups is 1. The van der Waals surface area contributed by atoms with E-state index in [2.05, 4.69) is 10.6 Å². The SMILES string of the molecule is CCCNC(=O)NCC1(O)CCOC1. The van der Waals surface area contributed by atoms with E-state index in [1.807, 2.05) is 6.92 Å². The highest BCUT2D eigenvalue weighted by atomic mass is 16.5. The highest BCUT2D eigenvalue weighted by Gasteiger charge is 2.32. The Morgan fingerprint density at radius 2 is 2.36 bits per heavy atom. The molecular formula is C9H18N2O3. The van der Waals surface area contributed by atoms with Gasteiger partial charge < -0.3 is 20.5 Å². The van der Waals surface area contributed by atoms with Crippen LogP contribution in [0.5, 0.6) is 0 Å². The fourth-order valence-electron chi connectivity index (χ4n) is 1.28. The third-order valence-electron chi connectivity index (χ3n) is 2.20. The number of ether oxygens (including phenoxy) is 1. The molecule has 1 aliphatic rings. The Labute approximate surface area is 83.8 Å². The zero-order valence-electron chi connectivity index (χ0n) is 8.51. The van der Waals surface area contributed by atoms with Crippen molar-refractivity contribution in [2.45, 2.75) is 25.4 Å². The topological polar surface area (TPSA) is 70.6 Å². The third-order valence-corrected chi connectivity index (χ3v) is 2.20. The van der Waals surface area contributed by atoms with Crippen LogP contribution in [0.15, 0.2) is 0 Å². The maximum atomic E-state index is 11.1. The molecule has 0 aliphatic carbocycles. The van der Waals surface area contributed by atoms with Gasteiger partial charge in [-0.15, -0.1) is 0 Å². The molecule has 0 aromatic rings. The van der Waals surface area contributed by atoms with E-state index < -0.39 is 5.60 Å². The second-order valence-corrected chi connectivity index (χ2v) is 3.64. The summed E-state index contributed by atoms with van der Waals surface area (Å²) in [6.07, 6.45) is 1.49. The van der Waals surface area contributed by atoms with E-state index in [-0.39, 0.29) is 12.6 Å². The van der Waals surface area contributed by atoms with Crippen molar-refractivity contribution < 1.29 is 14.6 Å². The first-order chi connectivity index (χ1) is 6.66. The third kappa shape index (κ3) is 3.51. The quantitative estimate of drug-likeness (QED) is 0.593. The first kappa shape index (κ1) is 11.3. The van der Waals surface area contributed by atoms with Gasteiger partial charge in [-0.05, 0) is 6.42 Å². The molecule has 14 heavy (non-hydrogen) atoms. The van der Waals surface area contributed by atoms with Gasteiger partial charge in [0.25, 0.3) is 0 Å². The lowest BCUT2D eigenvalue weighted by Crippen LogP contribution is -2.46. The minimum absolute atomic E-state index is 0.229. The van der Waals surface area contributed by atoms with Crippen LogP contribution in [0.4, 0.5) is 4.79 Å². The molecule has 1 heterocycles. The average Bonchev–Trinajstić information content (AvgIpc) is 2.60. The van der Waals surface area contributed by atoms with Crippen LogP contribution in [-0.2, 0) is 4.74 Å². The van der Waals surface area contributed by atoms with Crippen LogP contribution in [0, 0.1) is 0 Å². The van der Waals surface area contributed by atoms with E-state index in [9.17, 15) is 9.90 Å². The van der Waals surface area contributed by atoms with Crippen molar-refractivity contribution >= 4 is 6.03 Å². The van der Waals surface area contributed by atoms with Gasteiger partial charge in [0, 0.05) is 19.6 Å². The summed E-state index contributed by atoms with van der Waals surface area (Å²) in [4.78, 5) is 11.1. The molecule has 1 aliphatic heterocycles. The normalized spacial score (nSPS) is 26.1. The van der Waals surface area contributed by atoms with E-state index in [1.54, 1.807) is 0 Å². The average molecular weight is 202 g/mol. The second kappa shape index (κ2) is 5.17. The highest BCUT2D eigenvalue weighted by molar-refractivity contribution is 5.73. The van der Waals surface area contributed by atoms with E-state index in [0.717, 1.165) is 6.42 Å².